The van der Waals surface area contributed by atoms with E-state index < -0.39 is 22.3 Å². The van der Waals surface area contributed by atoms with Gasteiger partial charge in [0, 0.05) is 47.1 Å². The number of likely N-dealkylation sites (tertiary alicyclic amines) is 1. The number of fused-ring (bicyclic) bond motifs is 2. The third kappa shape index (κ3) is 3.13. The maximum Gasteiger partial charge on any atom is 0.269 e. The van der Waals surface area contributed by atoms with Crippen molar-refractivity contribution in [2.75, 3.05) is 18.9 Å². The molecule has 2 aliphatic heterocycles. The van der Waals surface area contributed by atoms with E-state index in [1.165, 1.54) is 18.3 Å². The Bertz CT molecular complexity index is 1300. The molecule has 0 aliphatic carbocycles. The number of anilines is 1. The van der Waals surface area contributed by atoms with Crippen LogP contribution >= 0.6 is 11.6 Å². The summed E-state index contributed by atoms with van der Waals surface area (Å²) in [6.45, 7) is 0.337. The quantitative estimate of drug-likeness (QED) is 0.356. The van der Waals surface area contributed by atoms with Crippen LogP contribution in [0.1, 0.15) is 27.5 Å². The van der Waals surface area contributed by atoms with E-state index in [0.29, 0.717) is 28.4 Å². The molecule has 1 aromatic heterocycles. The number of amides is 1. The number of hydrogen-bond donors (Lipinski definition) is 1. The first kappa shape index (κ1) is 21.2. The van der Waals surface area contributed by atoms with E-state index in [-0.39, 0.29) is 23.1 Å². The van der Waals surface area contributed by atoms with Gasteiger partial charge in [-0.25, -0.2) is 0 Å². The van der Waals surface area contributed by atoms with Crippen LogP contribution < -0.4 is 5.32 Å². The van der Waals surface area contributed by atoms with Gasteiger partial charge in [0.25, 0.3) is 5.69 Å². The second-order valence-electron chi connectivity index (χ2n) is 8.31. The second-order valence-corrected chi connectivity index (χ2v) is 8.74. The highest BCUT2D eigenvalue weighted by Gasteiger charge is 2.64. The summed E-state index contributed by atoms with van der Waals surface area (Å²) < 4.78 is 0. The highest BCUT2D eigenvalue weighted by molar-refractivity contribution is 6.31. The molecule has 2 aromatic carbocycles. The normalized spacial score (nSPS) is 24.0. The number of pyridine rings is 1. The molecule has 1 N–H and O–H groups in total. The summed E-state index contributed by atoms with van der Waals surface area (Å²) in [5.74, 6) is -2.00. The van der Waals surface area contributed by atoms with Crippen molar-refractivity contribution >= 4 is 34.7 Å². The molecule has 1 fully saturated rings. The van der Waals surface area contributed by atoms with Crippen LogP contribution in [-0.2, 0) is 10.3 Å². The van der Waals surface area contributed by atoms with E-state index >= 15 is 0 Å². The fourth-order valence-corrected chi connectivity index (χ4v) is 5.42. The summed E-state index contributed by atoms with van der Waals surface area (Å²) in [5.41, 5.74) is 0.657. The Hall–Kier alpha value is -3.62. The number of Topliss-reactive ketones (excluding diaryl/α,β-unsaturated/α-hetero) is 1. The molecule has 3 heterocycles. The molecule has 3 atom stereocenters. The van der Waals surface area contributed by atoms with Gasteiger partial charge >= 0.3 is 0 Å². The molecule has 5 rings (SSSR count). The van der Waals surface area contributed by atoms with Crippen LogP contribution in [0.3, 0.4) is 0 Å². The van der Waals surface area contributed by atoms with Crippen molar-refractivity contribution in [2.45, 2.75) is 11.5 Å². The Morgan fingerprint density at radius 2 is 2.03 bits per heavy atom. The number of nitro benzene ring substituents is 1. The van der Waals surface area contributed by atoms with Crippen molar-refractivity contribution in [3.8, 4) is 0 Å². The van der Waals surface area contributed by atoms with Gasteiger partial charge in [-0.1, -0.05) is 29.8 Å². The first-order valence-corrected chi connectivity index (χ1v) is 10.7. The number of carbonyl (C=O) groups excluding carboxylic acids is 2. The van der Waals surface area contributed by atoms with E-state index in [1.54, 1.807) is 55.6 Å². The Kier molecular flexibility index (Phi) is 4.99. The van der Waals surface area contributed by atoms with Crippen LogP contribution in [0.25, 0.3) is 0 Å². The van der Waals surface area contributed by atoms with Gasteiger partial charge in [-0.2, -0.15) is 0 Å². The van der Waals surface area contributed by atoms with Crippen LogP contribution in [0.4, 0.5) is 11.4 Å². The lowest BCUT2D eigenvalue weighted by Crippen LogP contribution is -2.51. The van der Waals surface area contributed by atoms with E-state index in [1.807, 2.05) is 4.90 Å². The number of rotatable bonds is 4. The number of carbonyl (C=O) groups is 2. The number of nitrogens with one attached hydrogen (secondary N) is 1. The highest BCUT2D eigenvalue weighted by atomic mass is 35.5. The van der Waals surface area contributed by atoms with Crippen molar-refractivity contribution in [1.82, 2.24) is 9.88 Å². The summed E-state index contributed by atoms with van der Waals surface area (Å²) in [6, 6.07) is 16.4. The maximum atomic E-state index is 14.0. The van der Waals surface area contributed by atoms with Crippen molar-refractivity contribution in [3.05, 3.63) is 98.8 Å². The molecule has 1 amide bonds. The van der Waals surface area contributed by atoms with Crippen molar-refractivity contribution in [1.29, 1.82) is 0 Å². The Labute approximate surface area is 194 Å². The number of halogens is 1. The maximum absolute atomic E-state index is 14.0. The molecule has 8 nitrogen and oxygen atoms in total. The zero-order valence-corrected chi connectivity index (χ0v) is 18.3. The topological polar surface area (TPSA) is 105 Å². The number of aromatic nitrogens is 1. The molecule has 0 saturated carbocycles. The average Bonchev–Trinajstić information content (AvgIpc) is 3.29. The molecule has 1 saturated heterocycles. The second kappa shape index (κ2) is 7.75. The standard InChI is InChI=1S/C24H19ClN4O4/c1-28-13-17(14-5-4-6-16(11-14)29(32)33)21(22(30)20-7-2-3-10-26-20)24(28)18-12-15(25)8-9-19(18)27-23(24)31/h2-12,17,21H,13H2,1H3,(H,27,31). The van der Waals surface area contributed by atoms with Gasteiger partial charge < -0.3 is 5.32 Å². The lowest BCUT2D eigenvalue weighted by molar-refractivity contribution is -0.384. The van der Waals surface area contributed by atoms with Crippen LogP contribution in [0, 0.1) is 16.0 Å². The highest BCUT2D eigenvalue weighted by Crippen LogP contribution is 2.56. The van der Waals surface area contributed by atoms with Crippen LogP contribution in [0.5, 0.6) is 0 Å². The monoisotopic (exact) mass is 462 g/mol. The van der Waals surface area contributed by atoms with Gasteiger partial charge in [-0.05, 0) is 42.9 Å². The lowest BCUT2D eigenvalue weighted by Gasteiger charge is -2.35. The SMILES string of the molecule is CN1CC(c2cccc([N+](=O)[O-])c2)C(C(=O)c2ccccn2)C12C(=O)Nc1ccc(Cl)cc12. The molecule has 3 aromatic rings. The predicted octanol–water partition coefficient (Wildman–Crippen LogP) is 4.02. The van der Waals surface area contributed by atoms with Gasteiger partial charge in [0.1, 0.15) is 11.2 Å². The molecule has 1 spiro atoms. The lowest BCUT2D eigenvalue weighted by atomic mass is 9.71. The molecular formula is C24H19ClN4O4. The summed E-state index contributed by atoms with van der Waals surface area (Å²) in [7, 11) is 1.78. The molecule has 0 radical (unpaired) electrons. The van der Waals surface area contributed by atoms with Crippen molar-refractivity contribution in [2.24, 2.45) is 5.92 Å². The Morgan fingerprint density at radius 1 is 1.21 bits per heavy atom. The minimum Gasteiger partial charge on any atom is -0.324 e. The summed E-state index contributed by atoms with van der Waals surface area (Å²) in [5, 5.41) is 14.8. The summed E-state index contributed by atoms with van der Waals surface area (Å²) >= 11 is 6.30. The largest absolute Gasteiger partial charge is 0.324 e. The van der Waals surface area contributed by atoms with E-state index in [9.17, 15) is 19.7 Å². The zero-order valence-electron chi connectivity index (χ0n) is 17.6. The van der Waals surface area contributed by atoms with E-state index in [0.717, 1.165) is 0 Å². The smallest absolute Gasteiger partial charge is 0.269 e. The minimum atomic E-state index is -1.33. The molecule has 2 aliphatic rings. The molecule has 0 bridgehead atoms. The number of likely N-dealkylation sites (N-methyl/N-ethyl adjacent to an activating group) is 1. The predicted molar refractivity (Wildman–Crippen MR) is 122 cm³/mol. The summed E-state index contributed by atoms with van der Waals surface area (Å²) in [6.07, 6.45) is 1.53. The number of benzene rings is 2. The number of hydrogen-bond acceptors (Lipinski definition) is 6. The van der Waals surface area contributed by atoms with Gasteiger partial charge in [-0.3, -0.25) is 29.6 Å². The zero-order chi connectivity index (χ0) is 23.3. The van der Waals surface area contributed by atoms with E-state index in [4.69, 9.17) is 11.6 Å². The van der Waals surface area contributed by atoms with Crippen LogP contribution in [0.2, 0.25) is 5.02 Å². The van der Waals surface area contributed by atoms with Crippen molar-refractivity contribution < 1.29 is 14.5 Å². The third-order valence-electron chi connectivity index (χ3n) is 6.62. The summed E-state index contributed by atoms with van der Waals surface area (Å²) in [4.78, 5) is 44.6. The molecule has 33 heavy (non-hydrogen) atoms. The van der Waals surface area contributed by atoms with Gasteiger partial charge in [0.2, 0.25) is 5.91 Å². The fraction of sp³-hybridized carbons (Fsp3) is 0.208. The average molecular weight is 463 g/mol. The van der Waals surface area contributed by atoms with Gasteiger partial charge in [-0.15, -0.1) is 0 Å². The first-order chi connectivity index (χ1) is 15.8. The number of nitrogens with zero attached hydrogens (tertiary/aromatic N) is 3. The Balaban J connectivity index is 1.74. The first-order valence-electron chi connectivity index (χ1n) is 10.4. The number of non-ortho nitro benzene ring substituents is 1. The minimum absolute atomic E-state index is 0.0699. The third-order valence-corrected chi connectivity index (χ3v) is 6.86. The van der Waals surface area contributed by atoms with Gasteiger partial charge in [0.05, 0.1) is 10.8 Å². The number of nitro groups is 1. The molecule has 3 unspecified atom stereocenters. The molecule has 9 heteroatoms. The van der Waals surface area contributed by atoms with Crippen LogP contribution in [-0.4, -0.2) is 40.1 Å². The van der Waals surface area contributed by atoms with Crippen LogP contribution in [0.15, 0.2) is 66.9 Å². The van der Waals surface area contributed by atoms with Crippen molar-refractivity contribution in [3.63, 3.8) is 0 Å². The van der Waals surface area contributed by atoms with Gasteiger partial charge in [0.15, 0.2) is 5.78 Å². The Morgan fingerprint density at radius 3 is 2.76 bits per heavy atom. The number of ketones is 1. The fourth-order valence-electron chi connectivity index (χ4n) is 5.25. The molecular weight excluding hydrogens is 444 g/mol. The van der Waals surface area contributed by atoms with E-state index in [2.05, 4.69) is 10.3 Å². The molecule has 166 valence electrons.